The molecule has 31 heavy (non-hydrogen) atoms. The number of amides is 2. The Kier molecular flexibility index (Phi) is 7.06. The van der Waals surface area contributed by atoms with E-state index in [0.29, 0.717) is 24.8 Å². The first kappa shape index (κ1) is 21.6. The summed E-state index contributed by atoms with van der Waals surface area (Å²) in [6.45, 7) is 5.90. The summed E-state index contributed by atoms with van der Waals surface area (Å²) >= 11 is 0. The summed E-state index contributed by atoms with van der Waals surface area (Å²) in [6.07, 6.45) is 3.83. The van der Waals surface area contributed by atoms with Crippen LogP contribution in [0.5, 0.6) is 0 Å². The maximum absolute atomic E-state index is 12.4. The number of para-hydroxylation sites is 1. The van der Waals surface area contributed by atoms with Crippen molar-refractivity contribution < 1.29 is 9.59 Å². The lowest BCUT2D eigenvalue weighted by Crippen LogP contribution is -2.52. The fourth-order valence-corrected chi connectivity index (χ4v) is 4.56. The summed E-state index contributed by atoms with van der Waals surface area (Å²) in [5, 5.41) is 9.69. The van der Waals surface area contributed by atoms with Crippen LogP contribution in [-0.2, 0) is 9.59 Å². The fraction of sp³-hybridized carbons (Fsp3) is 0.609. The van der Waals surface area contributed by atoms with Crippen molar-refractivity contribution >= 4 is 23.5 Å². The third-order valence-electron chi connectivity index (χ3n) is 6.70. The minimum atomic E-state index is 0.0587. The monoisotopic (exact) mass is 426 g/mol. The lowest BCUT2D eigenvalue weighted by Gasteiger charge is -2.38. The normalized spacial score (nSPS) is 22.4. The zero-order valence-electron chi connectivity index (χ0n) is 18.4. The van der Waals surface area contributed by atoms with Gasteiger partial charge in [0, 0.05) is 76.8 Å². The van der Waals surface area contributed by atoms with Gasteiger partial charge in [-0.3, -0.25) is 19.5 Å². The van der Waals surface area contributed by atoms with E-state index in [4.69, 9.17) is 0 Å². The molecule has 1 aromatic rings. The Morgan fingerprint density at radius 3 is 2.65 bits per heavy atom. The molecule has 1 aromatic carbocycles. The van der Waals surface area contributed by atoms with Gasteiger partial charge in [0.1, 0.15) is 0 Å². The molecule has 2 aliphatic heterocycles. The molecular weight excluding hydrogens is 392 g/mol. The molecule has 8 nitrogen and oxygen atoms in total. The Balaban J connectivity index is 1.17. The molecule has 3 aliphatic rings. The van der Waals surface area contributed by atoms with Crippen LogP contribution in [-0.4, -0.2) is 80.4 Å². The number of hydrogen-bond donors (Lipinski definition) is 3. The molecule has 0 bridgehead atoms. The molecule has 0 aromatic heterocycles. The maximum Gasteiger partial charge on any atom is 0.225 e. The van der Waals surface area contributed by atoms with Crippen LogP contribution in [0.15, 0.2) is 29.3 Å². The molecule has 168 valence electrons. The van der Waals surface area contributed by atoms with Gasteiger partial charge in [-0.25, -0.2) is 0 Å². The van der Waals surface area contributed by atoms with Gasteiger partial charge in [-0.2, -0.15) is 0 Å². The topological polar surface area (TPSA) is 89.1 Å². The lowest BCUT2D eigenvalue weighted by molar-refractivity contribution is -0.139. The van der Waals surface area contributed by atoms with Crippen LogP contribution in [0.25, 0.3) is 0 Å². The Morgan fingerprint density at radius 2 is 1.94 bits per heavy atom. The van der Waals surface area contributed by atoms with E-state index in [1.54, 1.807) is 7.05 Å². The molecule has 2 fully saturated rings. The molecule has 2 heterocycles. The molecular formula is C23H34N6O2. The summed E-state index contributed by atoms with van der Waals surface area (Å²) in [5.74, 6) is 1.60. The number of nitrogens with zero attached hydrogens (tertiary/aromatic N) is 3. The highest BCUT2D eigenvalue weighted by atomic mass is 16.2. The van der Waals surface area contributed by atoms with Gasteiger partial charge in [0.15, 0.2) is 5.96 Å². The SMILES string of the molecule is CN=C(NCCN1CCN(C(=O)C2CCC2)CC1)NCC1CC(=O)Nc2ccccc21. The van der Waals surface area contributed by atoms with E-state index in [9.17, 15) is 9.59 Å². The van der Waals surface area contributed by atoms with Crippen molar-refractivity contribution in [1.82, 2.24) is 20.4 Å². The number of aliphatic imine (C=N–C) groups is 1. The third-order valence-corrected chi connectivity index (χ3v) is 6.70. The van der Waals surface area contributed by atoms with Crippen LogP contribution in [0, 0.1) is 5.92 Å². The van der Waals surface area contributed by atoms with Gasteiger partial charge in [0.2, 0.25) is 11.8 Å². The van der Waals surface area contributed by atoms with Crippen molar-refractivity contribution in [1.29, 1.82) is 0 Å². The Bertz CT molecular complexity index is 814. The Labute approximate surface area is 184 Å². The molecule has 1 saturated heterocycles. The number of piperazine rings is 1. The van der Waals surface area contributed by atoms with Gasteiger partial charge in [-0.1, -0.05) is 24.6 Å². The molecule has 1 saturated carbocycles. The van der Waals surface area contributed by atoms with Crippen LogP contribution < -0.4 is 16.0 Å². The first-order valence-electron chi connectivity index (χ1n) is 11.5. The van der Waals surface area contributed by atoms with Gasteiger partial charge in [0.05, 0.1) is 0 Å². The lowest BCUT2D eigenvalue weighted by atomic mass is 9.84. The molecule has 2 amide bonds. The number of carbonyl (C=O) groups excluding carboxylic acids is 2. The van der Waals surface area contributed by atoms with Crippen molar-refractivity contribution in [2.45, 2.75) is 31.6 Å². The van der Waals surface area contributed by atoms with Crippen molar-refractivity contribution in [3.05, 3.63) is 29.8 Å². The largest absolute Gasteiger partial charge is 0.356 e. The molecule has 1 atom stereocenters. The highest BCUT2D eigenvalue weighted by Crippen LogP contribution is 2.31. The maximum atomic E-state index is 12.4. The quantitative estimate of drug-likeness (QED) is 0.470. The number of rotatable bonds is 6. The third kappa shape index (κ3) is 5.36. The average molecular weight is 427 g/mol. The van der Waals surface area contributed by atoms with E-state index in [1.807, 2.05) is 23.1 Å². The zero-order chi connectivity index (χ0) is 21.6. The summed E-state index contributed by atoms with van der Waals surface area (Å²) in [6, 6.07) is 7.98. The number of nitrogens with one attached hydrogen (secondary N) is 3. The smallest absolute Gasteiger partial charge is 0.225 e. The second kappa shape index (κ2) is 10.1. The predicted molar refractivity (Wildman–Crippen MR) is 122 cm³/mol. The van der Waals surface area contributed by atoms with Gasteiger partial charge < -0.3 is 20.9 Å². The van der Waals surface area contributed by atoms with E-state index in [1.165, 1.54) is 12.0 Å². The Morgan fingerprint density at radius 1 is 1.16 bits per heavy atom. The minimum absolute atomic E-state index is 0.0587. The molecule has 1 aliphatic carbocycles. The van der Waals surface area contributed by atoms with E-state index in [-0.39, 0.29) is 11.8 Å². The van der Waals surface area contributed by atoms with Gasteiger partial charge in [-0.05, 0) is 24.5 Å². The highest BCUT2D eigenvalue weighted by Gasteiger charge is 2.31. The van der Waals surface area contributed by atoms with Crippen LogP contribution in [0.4, 0.5) is 5.69 Å². The van der Waals surface area contributed by atoms with Crippen molar-refractivity contribution in [3.8, 4) is 0 Å². The summed E-state index contributed by atoms with van der Waals surface area (Å²) in [7, 11) is 1.77. The van der Waals surface area contributed by atoms with Gasteiger partial charge in [-0.15, -0.1) is 0 Å². The summed E-state index contributed by atoms with van der Waals surface area (Å²) in [4.78, 5) is 33.1. The first-order valence-corrected chi connectivity index (χ1v) is 11.5. The number of carbonyl (C=O) groups is 2. The van der Waals surface area contributed by atoms with Gasteiger partial charge >= 0.3 is 0 Å². The molecule has 4 rings (SSSR count). The fourth-order valence-electron chi connectivity index (χ4n) is 4.56. The highest BCUT2D eigenvalue weighted by molar-refractivity contribution is 5.94. The van der Waals surface area contributed by atoms with Crippen LogP contribution in [0.3, 0.4) is 0 Å². The van der Waals surface area contributed by atoms with E-state index >= 15 is 0 Å². The minimum Gasteiger partial charge on any atom is -0.356 e. The zero-order valence-corrected chi connectivity index (χ0v) is 18.4. The van der Waals surface area contributed by atoms with Crippen LogP contribution in [0.2, 0.25) is 0 Å². The van der Waals surface area contributed by atoms with E-state index < -0.39 is 0 Å². The second-order valence-corrected chi connectivity index (χ2v) is 8.71. The second-order valence-electron chi connectivity index (χ2n) is 8.71. The molecule has 0 spiro atoms. The number of hydrogen-bond acceptors (Lipinski definition) is 4. The summed E-state index contributed by atoms with van der Waals surface area (Å²) in [5.41, 5.74) is 2.07. The van der Waals surface area contributed by atoms with Crippen molar-refractivity contribution in [2.24, 2.45) is 10.9 Å². The molecule has 0 radical (unpaired) electrons. The number of fused-ring (bicyclic) bond motifs is 1. The molecule has 3 N–H and O–H groups in total. The molecule has 8 heteroatoms. The standard InChI is InChI=1S/C23H34N6O2/c1-24-23(26-16-18-15-21(30)27-20-8-3-2-7-19(18)20)25-9-10-28-11-13-29(14-12-28)22(31)17-5-4-6-17/h2-3,7-8,17-18H,4-6,9-16H2,1H3,(H,27,30)(H2,24,25,26). The van der Waals surface area contributed by atoms with Crippen molar-refractivity contribution in [3.63, 3.8) is 0 Å². The Hall–Kier alpha value is -2.61. The first-order chi connectivity index (χ1) is 15.1. The number of guanidine groups is 1. The van der Waals surface area contributed by atoms with E-state index in [0.717, 1.165) is 63.8 Å². The average Bonchev–Trinajstić information content (AvgIpc) is 2.75. The number of anilines is 1. The van der Waals surface area contributed by atoms with Crippen LogP contribution in [0.1, 0.15) is 37.2 Å². The summed E-state index contributed by atoms with van der Waals surface area (Å²) < 4.78 is 0. The van der Waals surface area contributed by atoms with E-state index in [2.05, 4.69) is 31.9 Å². The van der Waals surface area contributed by atoms with Crippen LogP contribution >= 0.6 is 0 Å². The molecule has 1 unspecified atom stereocenters. The predicted octanol–water partition coefficient (Wildman–Crippen LogP) is 1.22. The van der Waals surface area contributed by atoms with Gasteiger partial charge in [0.25, 0.3) is 0 Å². The van der Waals surface area contributed by atoms with Crippen molar-refractivity contribution in [2.75, 3.05) is 58.2 Å². The number of benzene rings is 1.